The molecule has 2 N–H and O–H groups in total. The molecule has 0 aliphatic carbocycles. The summed E-state index contributed by atoms with van der Waals surface area (Å²) in [6.45, 7) is 1.94. The molecule has 0 aliphatic heterocycles. The van der Waals surface area contributed by atoms with E-state index in [0.717, 1.165) is 5.56 Å². The van der Waals surface area contributed by atoms with Crippen molar-refractivity contribution in [3.63, 3.8) is 0 Å². The number of hydrogen-bond acceptors (Lipinski definition) is 4. The highest BCUT2D eigenvalue weighted by Crippen LogP contribution is 2.18. The van der Waals surface area contributed by atoms with Gasteiger partial charge in [-0.25, -0.2) is 8.42 Å². The second kappa shape index (κ2) is 7.37. The molecule has 0 saturated heterocycles. The Morgan fingerprint density at radius 1 is 0.923 bits per heavy atom. The van der Waals surface area contributed by atoms with Crippen LogP contribution in [-0.4, -0.2) is 19.3 Å². The highest BCUT2D eigenvalue weighted by atomic mass is 32.2. The molecule has 6 nitrogen and oxygen atoms in total. The zero-order chi connectivity index (χ0) is 18.6. The smallest absolute Gasteiger partial charge is 0.261 e. The van der Waals surface area contributed by atoms with Gasteiger partial charge in [-0.1, -0.05) is 17.7 Å². The van der Waals surface area contributed by atoms with Crippen LogP contribution in [0.4, 0.5) is 11.4 Å². The standard InChI is InChI=1S/C19H17N3O3S/c1-14-4-6-15(7-5-14)19(23)21-16-8-10-18(11-9-16)26(24,25)22-17-3-2-12-20-13-17/h2-13,22H,1H3,(H,21,23). The molecule has 26 heavy (non-hydrogen) atoms. The lowest BCUT2D eigenvalue weighted by atomic mass is 10.1. The molecular formula is C19H17N3O3S. The molecule has 0 spiro atoms. The van der Waals surface area contributed by atoms with Gasteiger partial charge in [-0.3, -0.25) is 14.5 Å². The molecule has 1 heterocycles. The van der Waals surface area contributed by atoms with Crippen LogP contribution in [0, 0.1) is 6.92 Å². The largest absolute Gasteiger partial charge is 0.322 e. The van der Waals surface area contributed by atoms with Gasteiger partial charge in [-0.2, -0.15) is 0 Å². The van der Waals surface area contributed by atoms with Crippen molar-refractivity contribution in [3.8, 4) is 0 Å². The first-order chi connectivity index (χ1) is 12.4. The van der Waals surface area contributed by atoms with Crippen molar-refractivity contribution in [2.75, 3.05) is 10.0 Å². The van der Waals surface area contributed by atoms with Crippen LogP contribution in [0.15, 0.2) is 78.0 Å². The van der Waals surface area contributed by atoms with Crippen LogP contribution in [0.25, 0.3) is 0 Å². The van der Waals surface area contributed by atoms with E-state index in [1.165, 1.54) is 18.3 Å². The second-order valence-electron chi connectivity index (χ2n) is 5.69. The summed E-state index contributed by atoms with van der Waals surface area (Å²) in [4.78, 5) is 16.2. The number of carbonyl (C=O) groups excluding carboxylic acids is 1. The van der Waals surface area contributed by atoms with Crippen LogP contribution >= 0.6 is 0 Å². The van der Waals surface area contributed by atoms with E-state index >= 15 is 0 Å². The van der Waals surface area contributed by atoms with Gasteiger partial charge in [-0.05, 0) is 55.5 Å². The van der Waals surface area contributed by atoms with Gasteiger partial charge in [-0.15, -0.1) is 0 Å². The second-order valence-corrected chi connectivity index (χ2v) is 7.37. The van der Waals surface area contributed by atoms with E-state index in [1.807, 2.05) is 19.1 Å². The van der Waals surface area contributed by atoms with Crippen LogP contribution in [0.1, 0.15) is 15.9 Å². The molecule has 1 amide bonds. The monoisotopic (exact) mass is 367 g/mol. The average Bonchev–Trinajstić information content (AvgIpc) is 2.63. The average molecular weight is 367 g/mol. The van der Waals surface area contributed by atoms with Gasteiger partial charge in [0, 0.05) is 17.4 Å². The van der Waals surface area contributed by atoms with Crippen LogP contribution in [0.5, 0.6) is 0 Å². The third kappa shape index (κ3) is 4.25. The lowest BCUT2D eigenvalue weighted by molar-refractivity contribution is 0.102. The summed E-state index contributed by atoms with van der Waals surface area (Å²) in [5.74, 6) is -0.255. The Morgan fingerprint density at radius 3 is 2.23 bits per heavy atom. The number of amides is 1. The van der Waals surface area contributed by atoms with Gasteiger partial charge >= 0.3 is 0 Å². The minimum atomic E-state index is -3.72. The van der Waals surface area contributed by atoms with Crippen LogP contribution in [-0.2, 0) is 10.0 Å². The van der Waals surface area contributed by atoms with Gasteiger partial charge in [0.2, 0.25) is 0 Å². The molecule has 0 saturated carbocycles. The van der Waals surface area contributed by atoms with Crippen molar-refractivity contribution in [3.05, 3.63) is 84.2 Å². The van der Waals surface area contributed by atoms with E-state index < -0.39 is 10.0 Å². The zero-order valence-corrected chi connectivity index (χ0v) is 14.8. The molecule has 0 unspecified atom stereocenters. The van der Waals surface area contributed by atoms with Crippen molar-refractivity contribution in [1.29, 1.82) is 0 Å². The quantitative estimate of drug-likeness (QED) is 0.723. The first kappa shape index (κ1) is 17.6. The molecule has 0 fully saturated rings. The summed E-state index contributed by atoms with van der Waals surface area (Å²) in [6.07, 6.45) is 2.98. The summed E-state index contributed by atoms with van der Waals surface area (Å²) in [5, 5.41) is 2.74. The van der Waals surface area contributed by atoms with Gasteiger partial charge in [0.25, 0.3) is 15.9 Å². The fraction of sp³-hybridized carbons (Fsp3) is 0.0526. The summed E-state index contributed by atoms with van der Waals surface area (Å²) < 4.78 is 27.2. The van der Waals surface area contributed by atoms with E-state index in [1.54, 1.807) is 42.6 Å². The number of nitrogens with one attached hydrogen (secondary N) is 2. The van der Waals surface area contributed by atoms with Gasteiger partial charge < -0.3 is 5.32 Å². The Balaban J connectivity index is 1.71. The Hall–Kier alpha value is -3.19. The van der Waals surface area contributed by atoms with Crippen LogP contribution < -0.4 is 10.0 Å². The Bertz CT molecular complexity index is 1000. The Kier molecular flexibility index (Phi) is 4.99. The number of pyridine rings is 1. The Labute approximate surface area is 152 Å². The minimum Gasteiger partial charge on any atom is -0.322 e. The number of hydrogen-bond donors (Lipinski definition) is 2. The molecule has 0 aliphatic rings. The molecule has 3 aromatic rings. The molecule has 7 heteroatoms. The van der Waals surface area contributed by atoms with Crippen molar-refractivity contribution < 1.29 is 13.2 Å². The van der Waals surface area contributed by atoms with E-state index in [9.17, 15) is 13.2 Å². The zero-order valence-electron chi connectivity index (χ0n) is 14.0. The van der Waals surface area contributed by atoms with Gasteiger partial charge in [0.15, 0.2) is 0 Å². The molecule has 0 radical (unpaired) electrons. The molecule has 132 valence electrons. The third-order valence-corrected chi connectivity index (χ3v) is 5.05. The van der Waals surface area contributed by atoms with Crippen molar-refractivity contribution in [2.45, 2.75) is 11.8 Å². The maximum Gasteiger partial charge on any atom is 0.261 e. The molecule has 3 rings (SSSR count). The van der Waals surface area contributed by atoms with Crippen molar-refractivity contribution in [1.82, 2.24) is 4.98 Å². The normalized spacial score (nSPS) is 11.0. The van der Waals surface area contributed by atoms with Crippen molar-refractivity contribution in [2.24, 2.45) is 0 Å². The SMILES string of the molecule is Cc1ccc(C(=O)Nc2ccc(S(=O)(=O)Nc3cccnc3)cc2)cc1. The molecular weight excluding hydrogens is 350 g/mol. The summed E-state index contributed by atoms with van der Waals surface area (Å²) in [6, 6.07) is 16.4. The minimum absolute atomic E-state index is 0.0923. The number of benzene rings is 2. The fourth-order valence-corrected chi connectivity index (χ4v) is 3.31. The summed E-state index contributed by atoms with van der Waals surface area (Å²) in [5.41, 5.74) is 2.49. The molecule has 0 atom stereocenters. The lowest BCUT2D eigenvalue weighted by Crippen LogP contribution is -2.14. The molecule has 2 aromatic carbocycles. The number of aryl methyl sites for hydroxylation is 1. The number of anilines is 2. The highest BCUT2D eigenvalue weighted by molar-refractivity contribution is 7.92. The van der Waals surface area contributed by atoms with E-state index in [-0.39, 0.29) is 10.8 Å². The first-order valence-corrected chi connectivity index (χ1v) is 9.33. The van der Waals surface area contributed by atoms with Gasteiger partial charge in [0.1, 0.15) is 0 Å². The predicted molar refractivity (Wildman–Crippen MR) is 101 cm³/mol. The number of sulfonamides is 1. The molecule has 1 aromatic heterocycles. The van der Waals surface area contributed by atoms with Gasteiger partial charge in [0.05, 0.1) is 16.8 Å². The Morgan fingerprint density at radius 2 is 1.62 bits per heavy atom. The molecule has 0 bridgehead atoms. The third-order valence-electron chi connectivity index (χ3n) is 3.65. The number of nitrogens with zero attached hydrogens (tertiary/aromatic N) is 1. The number of rotatable bonds is 5. The summed E-state index contributed by atoms with van der Waals surface area (Å²) >= 11 is 0. The topological polar surface area (TPSA) is 88.2 Å². The fourth-order valence-electron chi connectivity index (χ4n) is 2.26. The number of carbonyl (C=O) groups is 1. The lowest BCUT2D eigenvalue weighted by Gasteiger charge is -2.09. The highest BCUT2D eigenvalue weighted by Gasteiger charge is 2.14. The van der Waals surface area contributed by atoms with Crippen molar-refractivity contribution >= 4 is 27.3 Å². The van der Waals surface area contributed by atoms with Crippen LogP contribution in [0.3, 0.4) is 0 Å². The first-order valence-electron chi connectivity index (χ1n) is 7.85. The van der Waals surface area contributed by atoms with Crippen LogP contribution in [0.2, 0.25) is 0 Å². The maximum absolute atomic E-state index is 12.4. The van der Waals surface area contributed by atoms with E-state index in [4.69, 9.17) is 0 Å². The van der Waals surface area contributed by atoms with E-state index in [2.05, 4.69) is 15.0 Å². The number of aromatic nitrogens is 1. The van der Waals surface area contributed by atoms with E-state index in [0.29, 0.717) is 16.9 Å². The predicted octanol–water partition coefficient (Wildman–Crippen LogP) is 3.44. The summed E-state index contributed by atoms with van der Waals surface area (Å²) in [7, 11) is -3.72. The maximum atomic E-state index is 12.4.